The van der Waals surface area contributed by atoms with Crippen molar-refractivity contribution in [3.63, 3.8) is 0 Å². The molecule has 0 atom stereocenters. The molecule has 0 aliphatic carbocycles. The van der Waals surface area contributed by atoms with Crippen LogP contribution in [0, 0.1) is 0 Å². The minimum atomic E-state index is -0.173. The molecule has 144 valence electrons. The van der Waals surface area contributed by atoms with Crippen LogP contribution in [0.3, 0.4) is 0 Å². The third-order valence-electron chi connectivity index (χ3n) is 4.70. The summed E-state index contributed by atoms with van der Waals surface area (Å²) in [4.78, 5) is 20.9. The molecule has 0 spiro atoms. The second-order valence-corrected chi connectivity index (χ2v) is 6.71. The van der Waals surface area contributed by atoms with Crippen molar-refractivity contribution >= 4 is 17.4 Å². The zero-order valence-corrected chi connectivity index (χ0v) is 15.6. The van der Waals surface area contributed by atoms with E-state index in [2.05, 4.69) is 55.7 Å². The summed E-state index contributed by atoms with van der Waals surface area (Å²) in [5, 5.41) is 5.70. The summed E-state index contributed by atoms with van der Waals surface area (Å²) >= 11 is 0. The molecule has 1 aromatic carbocycles. The second-order valence-electron chi connectivity index (χ2n) is 6.71. The van der Waals surface area contributed by atoms with Gasteiger partial charge in [0.05, 0.1) is 12.2 Å². The number of aromatic nitrogens is 1. The smallest absolute Gasteiger partial charge is 0.315 e. The number of anilines is 2. The Labute approximate surface area is 160 Å². The van der Waals surface area contributed by atoms with Gasteiger partial charge in [-0.15, -0.1) is 0 Å². The number of nitrogens with zero attached hydrogens (tertiary/aromatic N) is 3. The van der Waals surface area contributed by atoms with Crippen LogP contribution < -0.4 is 21.3 Å². The van der Waals surface area contributed by atoms with E-state index in [1.54, 1.807) is 18.3 Å². The molecule has 1 aromatic heterocycles. The Bertz CT molecular complexity index is 715. The van der Waals surface area contributed by atoms with Gasteiger partial charge in [0.1, 0.15) is 0 Å². The largest absolute Gasteiger partial charge is 0.399 e. The van der Waals surface area contributed by atoms with Crippen molar-refractivity contribution in [1.29, 1.82) is 0 Å². The number of piperazine rings is 1. The quantitative estimate of drug-likeness (QED) is 0.647. The number of urea groups is 1. The van der Waals surface area contributed by atoms with Crippen molar-refractivity contribution in [3.8, 4) is 0 Å². The highest BCUT2D eigenvalue weighted by Crippen LogP contribution is 2.15. The molecule has 3 rings (SSSR count). The summed E-state index contributed by atoms with van der Waals surface area (Å²) in [5.74, 6) is 0. The first kappa shape index (κ1) is 19.0. The number of para-hydroxylation sites is 1. The van der Waals surface area contributed by atoms with Crippen LogP contribution in [0.2, 0.25) is 0 Å². The standard InChI is InChI=1S/C20H28N6O/c21-17-7-9-22-18(15-17)16-24-20(27)23-8-4-10-25-11-13-26(14-12-25)19-5-2-1-3-6-19/h1-3,5-7,9,15H,4,8,10-14,16H2,(H2,21,22)(H2,23,24,27). The number of hydrogen-bond acceptors (Lipinski definition) is 5. The fourth-order valence-corrected chi connectivity index (χ4v) is 3.20. The monoisotopic (exact) mass is 368 g/mol. The van der Waals surface area contributed by atoms with Crippen LogP contribution in [0.25, 0.3) is 0 Å². The average Bonchev–Trinajstić information content (AvgIpc) is 2.71. The summed E-state index contributed by atoms with van der Waals surface area (Å²) in [5.41, 5.74) is 8.40. The number of nitrogen functional groups attached to an aromatic ring is 1. The Hall–Kier alpha value is -2.80. The van der Waals surface area contributed by atoms with E-state index in [9.17, 15) is 4.79 Å². The molecule has 0 saturated carbocycles. The molecular formula is C20H28N6O. The van der Waals surface area contributed by atoms with Gasteiger partial charge in [-0.3, -0.25) is 9.88 Å². The Morgan fingerprint density at radius 2 is 1.85 bits per heavy atom. The zero-order chi connectivity index (χ0) is 18.9. The fourth-order valence-electron chi connectivity index (χ4n) is 3.20. The van der Waals surface area contributed by atoms with Gasteiger partial charge in [-0.25, -0.2) is 4.79 Å². The molecule has 0 bridgehead atoms. The number of rotatable bonds is 7. The van der Waals surface area contributed by atoms with E-state index >= 15 is 0 Å². The lowest BCUT2D eigenvalue weighted by molar-refractivity contribution is 0.235. The van der Waals surface area contributed by atoms with Gasteiger partial charge in [0, 0.05) is 50.3 Å². The third-order valence-corrected chi connectivity index (χ3v) is 4.70. The van der Waals surface area contributed by atoms with Crippen LogP contribution in [0.5, 0.6) is 0 Å². The van der Waals surface area contributed by atoms with E-state index in [1.807, 2.05) is 0 Å². The minimum Gasteiger partial charge on any atom is -0.399 e. The number of benzene rings is 1. The number of hydrogen-bond donors (Lipinski definition) is 3. The molecule has 0 unspecified atom stereocenters. The highest BCUT2D eigenvalue weighted by atomic mass is 16.2. The molecule has 2 aromatic rings. The van der Waals surface area contributed by atoms with E-state index in [0.29, 0.717) is 18.8 Å². The van der Waals surface area contributed by atoms with Crippen molar-refractivity contribution < 1.29 is 4.79 Å². The molecule has 0 radical (unpaired) electrons. The highest BCUT2D eigenvalue weighted by Gasteiger charge is 2.16. The molecular weight excluding hydrogens is 340 g/mol. The maximum atomic E-state index is 11.9. The molecule has 4 N–H and O–H groups in total. The number of amides is 2. The summed E-state index contributed by atoms with van der Waals surface area (Å²) in [7, 11) is 0. The molecule has 1 aliphatic heterocycles. The number of nitrogens with one attached hydrogen (secondary N) is 2. The van der Waals surface area contributed by atoms with E-state index in [-0.39, 0.29) is 6.03 Å². The normalized spacial score (nSPS) is 14.7. The molecule has 1 aliphatic rings. The van der Waals surface area contributed by atoms with Crippen molar-refractivity contribution in [2.24, 2.45) is 0 Å². The van der Waals surface area contributed by atoms with Crippen molar-refractivity contribution in [2.45, 2.75) is 13.0 Å². The van der Waals surface area contributed by atoms with Crippen LogP contribution in [-0.4, -0.2) is 55.2 Å². The Kier molecular flexibility index (Phi) is 6.87. The van der Waals surface area contributed by atoms with Gasteiger partial charge >= 0.3 is 6.03 Å². The summed E-state index contributed by atoms with van der Waals surface area (Å²) in [6, 6.07) is 13.9. The molecule has 27 heavy (non-hydrogen) atoms. The number of carbonyl (C=O) groups is 1. The Morgan fingerprint density at radius 1 is 1.07 bits per heavy atom. The highest BCUT2D eigenvalue weighted by molar-refractivity contribution is 5.73. The van der Waals surface area contributed by atoms with Gasteiger partial charge in [0.2, 0.25) is 0 Å². The van der Waals surface area contributed by atoms with Gasteiger partial charge < -0.3 is 21.3 Å². The Balaban J connectivity index is 1.27. The maximum absolute atomic E-state index is 11.9. The van der Waals surface area contributed by atoms with Crippen molar-refractivity contribution in [1.82, 2.24) is 20.5 Å². The van der Waals surface area contributed by atoms with Gasteiger partial charge in [-0.2, -0.15) is 0 Å². The molecule has 1 saturated heterocycles. The lowest BCUT2D eigenvalue weighted by atomic mass is 10.2. The average molecular weight is 368 g/mol. The summed E-state index contributed by atoms with van der Waals surface area (Å²) in [6.07, 6.45) is 2.58. The number of carbonyl (C=O) groups excluding carboxylic acids is 1. The number of nitrogens with two attached hydrogens (primary N) is 1. The predicted octanol–water partition coefficient (Wildman–Crippen LogP) is 1.68. The molecule has 2 amide bonds. The molecule has 7 nitrogen and oxygen atoms in total. The lowest BCUT2D eigenvalue weighted by Gasteiger charge is -2.36. The van der Waals surface area contributed by atoms with Gasteiger partial charge in [0.15, 0.2) is 0 Å². The minimum absolute atomic E-state index is 0.173. The first-order valence-corrected chi connectivity index (χ1v) is 9.45. The van der Waals surface area contributed by atoms with Crippen molar-refractivity contribution in [2.75, 3.05) is 49.9 Å². The van der Waals surface area contributed by atoms with E-state index in [0.717, 1.165) is 44.8 Å². The van der Waals surface area contributed by atoms with E-state index in [1.165, 1.54) is 5.69 Å². The van der Waals surface area contributed by atoms with Crippen LogP contribution in [-0.2, 0) is 6.54 Å². The SMILES string of the molecule is Nc1ccnc(CNC(=O)NCCCN2CCN(c3ccccc3)CC2)c1. The first-order valence-electron chi connectivity index (χ1n) is 9.45. The maximum Gasteiger partial charge on any atom is 0.315 e. The van der Waals surface area contributed by atoms with Gasteiger partial charge in [-0.05, 0) is 37.2 Å². The Morgan fingerprint density at radius 3 is 2.59 bits per heavy atom. The fraction of sp³-hybridized carbons (Fsp3) is 0.400. The molecule has 2 heterocycles. The van der Waals surface area contributed by atoms with Gasteiger partial charge in [-0.1, -0.05) is 18.2 Å². The molecule has 7 heteroatoms. The predicted molar refractivity (Wildman–Crippen MR) is 109 cm³/mol. The second kappa shape index (κ2) is 9.78. The number of pyridine rings is 1. The van der Waals surface area contributed by atoms with Gasteiger partial charge in [0.25, 0.3) is 0 Å². The van der Waals surface area contributed by atoms with Crippen LogP contribution in [0.15, 0.2) is 48.7 Å². The first-order chi connectivity index (χ1) is 13.2. The molecule has 1 fully saturated rings. The lowest BCUT2D eigenvalue weighted by Crippen LogP contribution is -2.47. The van der Waals surface area contributed by atoms with Crippen LogP contribution in [0.1, 0.15) is 12.1 Å². The summed E-state index contributed by atoms with van der Waals surface area (Å²) in [6.45, 7) is 6.24. The van der Waals surface area contributed by atoms with E-state index < -0.39 is 0 Å². The van der Waals surface area contributed by atoms with Crippen molar-refractivity contribution in [3.05, 3.63) is 54.4 Å². The topological polar surface area (TPSA) is 86.5 Å². The zero-order valence-electron chi connectivity index (χ0n) is 15.6. The van der Waals surface area contributed by atoms with E-state index in [4.69, 9.17) is 5.73 Å². The van der Waals surface area contributed by atoms with Crippen LogP contribution >= 0.6 is 0 Å². The summed E-state index contributed by atoms with van der Waals surface area (Å²) < 4.78 is 0. The van der Waals surface area contributed by atoms with Crippen LogP contribution in [0.4, 0.5) is 16.2 Å². The third kappa shape index (κ3) is 6.14.